The van der Waals surface area contributed by atoms with Crippen molar-refractivity contribution in [3.63, 3.8) is 0 Å². The van der Waals surface area contributed by atoms with Crippen LogP contribution in [0.15, 0.2) is 0 Å². The van der Waals surface area contributed by atoms with E-state index in [1.807, 2.05) is 0 Å². The largest absolute Gasteiger partial charge is 0.300 e. The summed E-state index contributed by atoms with van der Waals surface area (Å²) < 4.78 is 0. The van der Waals surface area contributed by atoms with Crippen molar-refractivity contribution in [2.75, 3.05) is 0 Å². The highest BCUT2D eigenvalue weighted by molar-refractivity contribution is 5.77. The normalized spacial score (nSPS) is 12.6. The Hall–Kier alpha value is -0.330. The first-order valence-corrected chi connectivity index (χ1v) is 7.69. The molecule has 1 heteroatoms. The zero-order valence-corrected chi connectivity index (χ0v) is 12.3. The van der Waals surface area contributed by atoms with Gasteiger partial charge in [-0.2, -0.15) is 0 Å². The Labute approximate surface area is 108 Å². The van der Waals surface area contributed by atoms with Crippen molar-refractivity contribution in [2.45, 2.75) is 91.4 Å². The minimum Gasteiger partial charge on any atom is -0.300 e. The summed E-state index contributed by atoms with van der Waals surface area (Å²) in [5.74, 6) is 0.630. The van der Waals surface area contributed by atoms with Crippen molar-refractivity contribution in [1.29, 1.82) is 0 Å². The van der Waals surface area contributed by atoms with Crippen molar-refractivity contribution >= 4 is 5.78 Å². The molecule has 0 aliphatic heterocycles. The van der Waals surface area contributed by atoms with Crippen LogP contribution in [0, 0.1) is 5.92 Å². The quantitative estimate of drug-likeness (QED) is 0.410. The summed E-state index contributed by atoms with van der Waals surface area (Å²) in [6.07, 6.45) is 14.8. The van der Waals surface area contributed by atoms with Gasteiger partial charge in [-0.05, 0) is 13.3 Å². The Morgan fingerprint density at radius 2 is 1.24 bits per heavy atom. The van der Waals surface area contributed by atoms with E-state index in [4.69, 9.17) is 0 Å². The van der Waals surface area contributed by atoms with Crippen LogP contribution < -0.4 is 0 Å². The molecule has 102 valence electrons. The van der Waals surface area contributed by atoms with E-state index in [9.17, 15) is 4.79 Å². The molecule has 1 nitrogen and oxygen atoms in total. The molecule has 17 heavy (non-hydrogen) atoms. The molecule has 0 saturated carbocycles. The van der Waals surface area contributed by atoms with Crippen LogP contribution in [0.5, 0.6) is 0 Å². The Morgan fingerprint density at radius 3 is 1.65 bits per heavy atom. The third-order valence-electron chi connectivity index (χ3n) is 3.68. The maximum Gasteiger partial charge on any atom is 0.132 e. The van der Waals surface area contributed by atoms with E-state index >= 15 is 0 Å². The van der Waals surface area contributed by atoms with Crippen LogP contribution in [-0.2, 0) is 4.79 Å². The van der Waals surface area contributed by atoms with Gasteiger partial charge in [0.15, 0.2) is 0 Å². The maximum atomic E-state index is 11.0. The first-order valence-electron chi connectivity index (χ1n) is 7.69. The predicted molar refractivity (Wildman–Crippen MR) is 76.3 cm³/mol. The Bertz CT molecular complexity index is 174. The number of ketones is 1. The van der Waals surface area contributed by atoms with Crippen LogP contribution >= 0.6 is 0 Å². The summed E-state index contributed by atoms with van der Waals surface area (Å²) >= 11 is 0. The van der Waals surface area contributed by atoms with Gasteiger partial charge >= 0.3 is 0 Å². The number of unbranched alkanes of at least 4 members (excludes halogenated alkanes) is 9. The monoisotopic (exact) mass is 240 g/mol. The average molecular weight is 240 g/mol. The summed E-state index contributed by atoms with van der Waals surface area (Å²) in [5, 5.41) is 0. The number of carbonyl (C=O) groups is 1. The van der Waals surface area contributed by atoms with E-state index in [1.54, 1.807) is 6.92 Å². The fourth-order valence-electron chi connectivity index (χ4n) is 2.14. The molecule has 0 amide bonds. The second kappa shape index (κ2) is 12.1. The standard InChI is InChI=1S/C16H32O/c1-4-5-6-7-8-9-10-11-12-13-14-15(2)16(3)17/h15H,4-14H2,1-3H3/t15-/m1/s1. The van der Waals surface area contributed by atoms with Crippen LogP contribution in [0.3, 0.4) is 0 Å². The molecule has 0 aromatic carbocycles. The van der Waals surface area contributed by atoms with Gasteiger partial charge in [-0.15, -0.1) is 0 Å². The van der Waals surface area contributed by atoms with Crippen molar-refractivity contribution in [1.82, 2.24) is 0 Å². The van der Waals surface area contributed by atoms with Crippen LogP contribution in [0.4, 0.5) is 0 Å². The van der Waals surface area contributed by atoms with E-state index in [1.165, 1.54) is 64.2 Å². The lowest BCUT2D eigenvalue weighted by Gasteiger charge is -2.06. The highest BCUT2D eigenvalue weighted by Gasteiger charge is 2.05. The van der Waals surface area contributed by atoms with Crippen LogP contribution in [-0.4, -0.2) is 5.78 Å². The van der Waals surface area contributed by atoms with Gasteiger partial charge in [0.05, 0.1) is 0 Å². The molecule has 0 radical (unpaired) electrons. The van der Waals surface area contributed by atoms with Crippen LogP contribution in [0.2, 0.25) is 0 Å². The van der Waals surface area contributed by atoms with Gasteiger partial charge in [0, 0.05) is 5.92 Å². The van der Waals surface area contributed by atoms with E-state index in [2.05, 4.69) is 13.8 Å². The molecular weight excluding hydrogens is 208 g/mol. The lowest BCUT2D eigenvalue weighted by Crippen LogP contribution is -2.05. The molecule has 1 atom stereocenters. The van der Waals surface area contributed by atoms with Gasteiger partial charge in [0.1, 0.15) is 5.78 Å². The van der Waals surface area contributed by atoms with E-state index in [0.717, 1.165) is 6.42 Å². The van der Waals surface area contributed by atoms with Gasteiger partial charge in [0.2, 0.25) is 0 Å². The average Bonchev–Trinajstić information content (AvgIpc) is 2.31. The third-order valence-corrected chi connectivity index (χ3v) is 3.68. The maximum absolute atomic E-state index is 11.0. The first kappa shape index (κ1) is 16.7. The second-order valence-electron chi connectivity index (χ2n) is 5.48. The molecule has 0 fully saturated rings. The SMILES string of the molecule is CCCCCCCCCCCC[C@@H](C)C(C)=O. The zero-order chi connectivity index (χ0) is 12.9. The Kier molecular flexibility index (Phi) is 11.9. The summed E-state index contributed by atoms with van der Waals surface area (Å²) in [7, 11) is 0. The molecule has 0 N–H and O–H groups in total. The summed E-state index contributed by atoms with van der Waals surface area (Å²) in [6.45, 7) is 6.03. The number of hydrogen-bond donors (Lipinski definition) is 0. The Morgan fingerprint density at radius 1 is 0.824 bits per heavy atom. The van der Waals surface area contributed by atoms with Crippen molar-refractivity contribution in [2.24, 2.45) is 5.92 Å². The smallest absolute Gasteiger partial charge is 0.132 e. The van der Waals surface area contributed by atoms with Crippen molar-refractivity contribution in [3.8, 4) is 0 Å². The number of carbonyl (C=O) groups excluding carboxylic acids is 1. The van der Waals surface area contributed by atoms with Gasteiger partial charge < -0.3 is 0 Å². The molecule has 0 saturated heterocycles. The highest BCUT2D eigenvalue weighted by atomic mass is 16.1. The van der Waals surface area contributed by atoms with Gasteiger partial charge in [-0.3, -0.25) is 4.79 Å². The molecule has 0 heterocycles. The third kappa shape index (κ3) is 11.9. The molecule has 0 aromatic heterocycles. The van der Waals surface area contributed by atoms with Gasteiger partial charge in [0.25, 0.3) is 0 Å². The van der Waals surface area contributed by atoms with E-state index < -0.39 is 0 Å². The van der Waals surface area contributed by atoms with Crippen LogP contribution in [0.25, 0.3) is 0 Å². The highest BCUT2D eigenvalue weighted by Crippen LogP contribution is 2.14. The predicted octanol–water partition coefficient (Wildman–Crippen LogP) is 5.52. The Balaban J connectivity index is 3.06. The van der Waals surface area contributed by atoms with Crippen molar-refractivity contribution < 1.29 is 4.79 Å². The summed E-state index contributed by atoms with van der Waals surface area (Å²) in [6, 6.07) is 0. The second-order valence-corrected chi connectivity index (χ2v) is 5.48. The van der Waals surface area contributed by atoms with E-state index in [-0.39, 0.29) is 5.92 Å². The molecular formula is C16H32O. The molecule has 0 aliphatic rings. The number of rotatable bonds is 12. The first-order chi connectivity index (χ1) is 8.18. The summed E-state index contributed by atoms with van der Waals surface area (Å²) in [4.78, 5) is 11.0. The van der Waals surface area contributed by atoms with Gasteiger partial charge in [-0.1, -0.05) is 78.1 Å². The summed E-state index contributed by atoms with van der Waals surface area (Å²) in [5.41, 5.74) is 0. The van der Waals surface area contributed by atoms with Crippen molar-refractivity contribution in [3.05, 3.63) is 0 Å². The topological polar surface area (TPSA) is 17.1 Å². The fraction of sp³-hybridized carbons (Fsp3) is 0.938. The zero-order valence-electron chi connectivity index (χ0n) is 12.3. The molecule has 0 bridgehead atoms. The van der Waals surface area contributed by atoms with E-state index in [0.29, 0.717) is 5.78 Å². The van der Waals surface area contributed by atoms with Crippen LogP contribution in [0.1, 0.15) is 91.4 Å². The van der Waals surface area contributed by atoms with Gasteiger partial charge in [-0.25, -0.2) is 0 Å². The lowest BCUT2D eigenvalue weighted by atomic mass is 9.99. The minimum atomic E-state index is 0.282. The number of Topliss-reactive ketones (excluding diaryl/α,β-unsaturated/α-hetero) is 1. The molecule has 0 rings (SSSR count). The lowest BCUT2D eigenvalue weighted by molar-refractivity contribution is -0.120. The molecule has 0 spiro atoms. The minimum absolute atomic E-state index is 0.282. The fourth-order valence-corrected chi connectivity index (χ4v) is 2.14. The molecule has 0 aliphatic carbocycles. The molecule has 0 unspecified atom stereocenters. The molecule has 0 aromatic rings. The number of hydrogen-bond acceptors (Lipinski definition) is 1.